The Balaban J connectivity index is 2.04. The van der Waals surface area contributed by atoms with E-state index in [2.05, 4.69) is 4.90 Å². The Kier molecular flexibility index (Phi) is 3.98. The molecule has 2 fully saturated rings. The summed E-state index contributed by atoms with van der Waals surface area (Å²) >= 11 is 6.41. The highest BCUT2D eigenvalue weighted by Gasteiger charge is 2.35. The first-order valence-corrected chi connectivity index (χ1v) is 8.11. The number of primary amides is 1. The molecular formula is C16H22ClN3O. The molecule has 3 rings (SSSR count). The highest BCUT2D eigenvalue weighted by Crippen LogP contribution is 2.42. The average molecular weight is 308 g/mol. The zero-order valence-corrected chi connectivity index (χ0v) is 12.9. The van der Waals surface area contributed by atoms with Gasteiger partial charge in [0, 0.05) is 18.3 Å². The number of hydrogen-bond acceptors (Lipinski definition) is 3. The van der Waals surface area contributed by atoms with Crippen molar-refractivity contribution in [1.82, 2.24) is 0 Å². The summed E-state index contributed by atoms with van der Waals surface area (Å²) in [6.45, 7) is 0.936. The quantitative estimate of drug-likeness (QED) is 0.824. The Hall–Kier alpha value is -1.42. The number of hydrogen-bond donors (Lipinski definition) is 2. The van der Waals surface area contributed by atoms with Gasteiger partial charge in [-0.1, -0.05) is 24.4 Å². The molecule has 5 heteroatoms. The van der Waals surface area contributed by atoms with E-state index in [0.717, 1.165) is 18.7 Å². The fourth-order valence-electron chi connectivity index (χ4n) is 4.00. The average Bonchev–Trinajstić information content (AvgIpc) is 2.46. The molecule has 0 unspecified atom stereocenters. The largest absolute Gasteiger partial charge is 0.399 e. The molecule has 1 aromatic rings. The fraction of sp³-hybridized carbons (Fsp3) is 0.562. The van der Waals surface area contributed by atoms with Crippen molar-refractivity contribution >= 4 is 28.9 Å². The van der Waals surface area contributed by atoms with Crippen molar-refractivity contribution in [2.75, 3.05) is 17.2 Å². The number of piperidine rings is 1. The summed E-state index contributed by atoms with van der Waals surface area (Å²) in [5.74, 6) is 0.249. The molecule has 1 saturated heterocycles. The third-order valence-electron chi connectivity index (χ3n) is 4.88. The Labute approximate surface area is 130 Å². The van der Waals surface area contributed by atoms with E-state index in [1.807, 2.05) is 0 Å². The van der Waals surface area contributed by atoms with Crippen LogP contribution in [0, 0.1) is 5.92 Å². The lowest BCUT2D eigenvalue weighted by atomic mass is 9.78. The normalized spacial score (nSPS) is 25.5. The van der Waals surface area contributed by atoms with Gasteiger partial charge in [-0.2, -0.15) is 0 Å². The monoisotopic (exact) mass is 307 g/mol. The van der Waals surface area contributed by atoms with Crippen molar-refractivity contribution in [3.8, 4) is 0 Å². The minimum atomic E-state index is -0.461. The molecule has 114 valence electrons. The third-order valence-corrected chi connectivity index (χ3v) is 5.17. The highest BCUT2D eigenvalue weighted by molar-refractivity contribution is 6.34. The summed E-state index contributed by atoms with van der Waals surface area (Å²) in [6.07, 6.45) is 7.42. The van der Waals surface area contributed by atoms with Gasteiger partial charge < -0.3 is 16.4 Å². The van der Waals surface area contributed by atoms with Crippen LogP contribution in [0.15, 0.2) is 12.1 Å². The fourth-order valence-corrected chi connectivity index (χ4v) is 4.34. The summed E-state index contributed by atoms with van der Waals surface area (Å²) in [5, 5.41) is 0.537. The Morgan fingerprint density at radius 3 is 2.67 bits per heavy atom. The second-order valence-electron chi connectivity index (χ2n) is 6.21. The van der Waals surface area contributed by atoms with E-state index in [-0.39, 0.29) is 0 Å². The summed E-state index contributed by atoms with van der Waals surface area (Å²) in [5.41, 5.74) is 13.1. The van der Waals surface area contributed by atoms with Gasteiger partial charge in [0.1, 0.15) is 0 Å². The number of rotatable bonds is 2. The molecule has 1 aromatic carbocycles. The minimum Gasteiger partial charge on any atom is -0.399 e. The standard InChI is InChI=1S/C16H22ClN3O/c17-13-9-11(18)8-12(16(19)21)15(13)20-7-3-5-10-4-1-2-6-14(10)20/h8-10,14H,1-7,18H2,(H2,19,21)/t10-,14-/m1/s1. The lowest BCUT2D eigenvalue weighted by Crippen LogP contribution is -2.47. The summed E-state index contributed by atoms with van der Waals surface area (Å²) in [6, 6.07) is 3.85. The van der Waals surface area contributed by atoms with E-state index in [1.54, 1.807) is 12.1 Å². The van der Waals surface area contributed by atoms with E-state index in [0.29, 0.717) is 28.2 Å². The number of carbonyl (C=O) groups is 1. The zero-order valence-electron chi connectivity index (χ0n) is 12.1. The second-order valence-corrected chi connectivity index (χ2v) is 6.62. The number of carbonyl (C=O) groups excluding carboxylic acids is 1. The number of benzene rings is 1. The van der Waals surface area contributed by atoms with Crippen LogP contribution in [-0.2, 0) is 0 Å². The van der Waals surface area contributed by atoms with Gasteiger partial charge in [-0.15, -0.1) is 0 Å². The number of halogens is 1. The van der Waals surface area contributed by atoms with Crippen molar-refractivity contribution in [1.29, 1.82) is 0 Å². The molecule has 0 spiro atoms. The van der Waals surface area contributed by atoms with Crippen LogP contribution in [0.25, 0.3) is 0 Å². The van der Waals surface area contributed by atoms with Crippen molar-refractivity contribution in [2.45, 2.75) is 44.6 Å². The Morgan fingerprint density at radius 2 is 1.90 bits per heavy atom. The second kappa shape index (κ2) is 5.76. The lowest BCUT2D eigenvalue weighted by Gasteiger charge is -2.46. The SMILES string of the molecule is NC(=O)c1cc(N)cc(Cl)c1N1CCC[C@H]2CCCC[C@H]21. The van der Waals surface area contributed by atoms with Crippen molar-refractivity contribution in [3.05, 3.63) is 22.7 Å². The predicted molar refractivity (Wildman–Crippen MR) is 86.7 cm³/mol. The minimum absolute atomic E-state index is 0.450. The van der Waals surface area contributed by atoms with Gasteiger partial charge in [0.25, 0.3) is 5.91 Å². The van der Waals surface area contributed by atoms with Crippen LogP contribution in [0.1, 0.15) is 48.9 Å². The maximum absolute atomic E-state index is 11.8. The van der Waals surface area contributed by atoms with Crippen LogP contribution in [0.5, 0.6) is 0 Å². The molecule has 4 N–H and O–H groups in total. The van der Waals surface area contributed by atoms with Gasteiger partial charge in [0.2, 0.25) is 0 Å². The smallest absolute Gasteiger partial charge is 0.250 e. The zero-order chi connectivity index (χ0) is 15.0. The first-order valence-electron chi connectivity index (χ1n) is 7.73. The Morgan fingerprint density at radius 1 is 1.19 bits per heavy atom. The van der Waals surface area contributed by atoms with Crippen LogP contribution in [0.3, 0.4) is 0 Å². The van der Waals surface area contributed by atoms with E-state index >= 15 is 0 Å². The molecule has 2 atom stereocenters. The number of nitrogens with two attached hydrogens (primary N) is 2. The van der Waals surface area contributed by atoms with Crippen molar-refractivity contribution in [2.24, 2.45) is 11.7 Å². The van der Waals surface area contributed by atoms with E-state index in [9.17, 15) is 4.79 Å². The van der Waals surface area contributed by atoms with Crippen LogP contribution in [0.4, 0.5) is 11.4 Å². The number of nitrogens with zero attached hydrogens (tertiary/aromatic N) is 1. The number of anilines is 2. The van der Waals surface area contributed by atoms with Gasteiger partial charge in [-0.3, -0.25) is 4.79 Å². The van der Waals surface area contributed by atoms with Crippen LogP contribution in [0.2, 0.25) is 5.02 Å². The molecule has 0 bridgehead atoms. The number of nitrogen functional groups attached to an aromatic ring is 1. The number of amides is 1. The van der Waals surface area contributed by atoms with Gasteiger partial charge in [0.05, 0.1) is 16.3 Å². The number of fused-ring (bicyclic) bond motifs is 1. The molecule has 0 radical (unpaired) electrons. The van der Waals surface area contributed by atoms with Crippen LogP contribution < -0.4 is 16.4 Å². The molecule has 1 amide bonds. The first kappa shape index (κ1) is 14.5. The molecule has 1 aliphatic heterocycles. The molecule has 1 saturated carbocycles. The van der Waals surface area contributed by atoms with Gasteiger partial charge in [-0.25, -0.2) is 0 Å². The summed E-state index contributed by atoms with van der Waals surface area (Å²) < 4.78 is 0. The van der Waals surface area contributed by atoms with E-state index in [4.69, 9.17) is 23.1 Å². The lowest BCUT2D eigenvalue weighted by molar-refractivity contribution is 0.100. The molecule has 4 nitrogen and oxygen atoms in total. The maximum atomic E-state index is 11.8. The topological polar surface area (TPSA) is 72.3 Å². The summed E-state index contributed by atoms with van der Waals surface area (Å²) in [7, 11) is 0. The maximum Gasteiger partial charge on any atom is 0.250 e. The molecule has 1 aliphatic carbocycles. The van der Waals surface area contributed by atoms with Gasteiger partial charge in [0.15, 0.2) is 0 Å². The highest BCUT2D eigenvalue weighted by atomic mass is 35.5. The van der Waals surface area contributed by atoms with E-state index in [1.165, 1.54) is 32.1 Å². The molecule has 2 aliphatic rings. The third kappa shape index (κ3) is 2.69. The molecule has 0 aromatic heterocycles. The Bertz CT molecular complexity index is 559. The van der Waals surface area contributed by atoms with Gasteiger partial charge in [-0.05, 0) is 43.7 Å². The van der Waals surface area contributed by atoms with E-state index < -0.39 is 5.91 Å². The molecule has 21 heavy (non-hydrogen) atoms. The van der Waals surface area contributed by atoms with Crippen molar-refractivity contribution in [3.63, 3.8) is 0 Å². The van der Waals surface area contributed by atoms with Crippen LogP contribution >= 0.6 is 11.6 Å². The van der Waals surface area contributed by atoms with Crippen molar-refractivity contribution < 1.29 is 4.79 Å². The predicted octanol–water partition coefficient (Wildman–Crippen LogP) is 3.18. The van der Waals surface area contributed by atoms with Crippen LogP contribution in [-0.4, -0.2) is 18.5 Å². The molecular weight excluding hydrogens is 286 g/mol. The first-order chi connectivity index (χ1) is 10.1. The van der Waals surface area contributed by atoms with Gasteiger partial charge >= 0.3 is 0 Å². The summed E-state index contributed by atoms with van der Waals surface area (Å²) in [4.78, 5) is 14.1. The molecule has 1 heterocycles.